The Bertz CT molecular complexity index is 451. The van der Waals surface area contributed by atoms with E-state index in [1.165, 1.54) is 50.2 Å². The summed E-state index contributed by atoms with van der Waals surface area (Å²) in [6.45, 7) is 3.79. The Morgan fingerprint density at radius 1 is 1.17 bits per heavy atom. The van der Waals surface area contributed by atoms with Crippen LogP contribution in [0, 0.1) is 5.92 Å². The van der Waals surface area contributed by atoms with Gasteiger partial charge >= 0.3 is 0 Å². The fourth-order valence-corrected chi connectivity index (χ4v) is 3.79. The summed E-state index contributed by atoms with van der Waals surface area (Å²) in [7, 11) is 0. The first-order valence-electron chi connectivity index (χ1n) is 7.22. The van der Waals surface area contributed by atoms with E-state index in [0.29, 0.717) is 6.04 Å². The van der Waals surface area contributed by atoms with Crippen molar-refractivity contribution in [2.24, 2.45) is 5.92 Å². The van der Waals surface area contributed by atoms with E-state index in [4.69, 9.17) is 0 Å². The van der Waals surface area contributed by atoms with Crippen LogP contribution in [0.4, 0.5) is 5.82 Å². The molecule has 1 N–H and O–H groups in total. The van der Waals surface area contributed by atoms with Crippen molar-refractivity contribution < 1.29 is 0 Å². The Balaban J connectivity index is 1.57. The highest BCUT2D eigenvalue weighted by atomic mass is 15.2. The molecule has 3 saturated heterocycles. The second-order valence-corrected chi connectivity index (χ2v) is 5.89. The third-order valence-corrected chi connectivity index (χ3v) is 4.85. The number of anilines is 1. The third kappa shape index (κ3) is 1.70. The predicted molar refractivity (Wildman–Crippen MR) is 70.6 cm³/mol. The quantitative estimate of drug-likeness (QED) is 0.855. The molecule has 1 aromatic heterocycles. The van der Waals surface area contributed by atoms with Crippen LogP contribution in [0.3, 0.4) is 0 Å². The van der Waals surface area contributed by atoms with Crippen LogP contribution in [0.15, 0.2) is 6.33 Å². The number of nitrogens with one attached hydrogen (secondary N) is 1. The standard InChI is InChI=1S/C14H20N4/c1-2-11-12(3-1)15-9-16-14(11)17-13-8-18-6-4-10(13)5-7-18/h9-10,13H,1-8H2,(H,15,16,17). The molecule has 96 valence electrons. The molecule has 18 heavy (non-hydrogen) atoms. The molecule has 0 aromatic carbocycles. The number of hydrogen-bond acceptors (Lipinski definition) is 4. The topological polar surface area (TPSA) is 41.1 Å². The Labute approximate surface area is 108 Å². The predicted octanol–water partition coefficient (Wildman–Crippen LogP) is 1.47. The van der Waals surface area contributed by atoms with Crippen molar-refractivity contribution in [3.05, 3.63) is 17.6 Å². The summed E-state index contributed by atoms with van der Waals surface area (Å²) in [4.78, 5) is 11.5. The first-order valence-corrected chi connectivity index (χ1v) is 7.22. The zero-order valence-electron chi connectivity index (χ0n) is 10.7. The van der Waals surface area contributed by atoms with Crippen molar-refractivity contribution in [2.45, 2.75) is 38.1 Å². The minimum atomic E-state index is 0.604. The van der Waals surface area contributed by atoms with Gasteiger partial charge in [-0.05, 0) is 51.1 Å². The van der Waals surface area contributed by atoms with Crippen molar-refractivity contribution in [2.75, 3.05) is 25.0 Å². The number of aromatic nitrogens is 2. The van der Waals surface area contributed by atoms with Gasteiger partial charge < -0.3 is 10.2 Å². The molecule has 4 heteroatoms. The van der Waals surface area contributed by atoms with Gasteiger partial charge in [-0.1, -0.05) is 0 Å². The van der Waals surface area contributed by atoms with Crippen LogP contribution in [-0.2, 0) is 12.8 Å². The summed E-state index contributed by atoms with van der Waals surface area (Å²) in [6, 6.07) is 0.604. The van der Waals surface area contributed by atoms with Gasteiger partial charge in [-0.25, -0.2) is 9.97 Å². The van der Waals surface area contributed by atoms with Crippen LogP contribution in [-0.4, -0.2) is 40.5 Å². The highest BCUT2D eigenvalue weighted by molar-refractivity contribution is 5.49. The zero-order chi connectivity index (χ0) is 11.9. The van der Waals surface area contributed by atoms with E-state index >= 15 is 0 Å². The highest BCUT2D eigenvalue weighted by Gasteiger charge is 2.34. The average molecular weight is 244 g/mol. The molecule has 1 unspecified atom stereocenters. The summed E-state index contributed by atoms with van der Waals surface area (Å²) in [5.41, 5.74) is 2.66. The maximum atomic E-state index is 4.49. The number of piperidine rings is 3. The monoisotopic (exact) mass is 244 g/mol. The van der Waals surface area contributed by atoms with Gasteiger partial charge in [0.2, 0.25) is 0 Å². The van der Waals surface area contributed by atoms with Crippen LogP contribution < -0.4 is 5.32 Å². The van der Waals surface area contributed by atoms with Gasteiger partial charge in [0, 0.05) is 23.8 Å². The number of aryl methyl sites for hydroxylation is 1. The third-order valence-electron chi connectivity index (χ3n) is 4.85. The normalized spacial score (nSPS) is 33.4. The van der Waals surface area contributed by atoms with Crippen LogP contribution >= 0.6 is 0 Å². The van der Waals surface area contributed by atoms with Crippen LogP contribution in [0.1, 0.15) is 30.5 Å². The molecule has 3 fully saturated rings. The largest absolute Gasteiger partial charge is 0.365 e. The van der Waals surface area contributed by atoms with E-state index in [1.54, 1.807) is 6.33 Å². The van der Waals surface area contributed by atoms with Crippen molar-refractivity contribution in [3.8, 4) is 0 Å². The van der Waals surface area contributed by atoms with E-state index in [2.05, 4.69) is 20.2 Å². The molecule has 3 aliphatic heterocycles. The second-order valence-electron chi connectivity index (χ2n) is 5.89. The van der Waals surface area contributed by atoms with Crippen LogP contribution in [0.5, 0.6) is 0 Å². The lowest BCUT2D eigenvalue weighted by molar-refractivity contribution is 0.0973. The first kappa shape index (κ1) is 10.7. The molecule has 4 heterocycles. The summed E-state index contributed by atoms with van der Waals surface area (Å²) in [6.07, 6.45) is 7.96. The SMILES string of the molecule is c1nc2c(c(NC3CN4CCC3CC4)n1)CCC2. The lowest BCUT2D eigenvalue weighted by Gasteiger charge is -2.45. The fraction of sp³-hybridized carbons (Fsp3) is 0.714. The van der Waals surface area contributed by atoms with Crippen molar-refractivity contribution in [1.29, 1.82) is 0 Å². The summed E-state index contributed by atoms with van der Waals surface area (Å²) < 4.78 is 0. The Hall–Kier alpha value is -1.16. The maximum Gasteiger partial charge on any atom is 0.133 e. The number of fused-ring (bicyclic) bond motifs is 4. The van der Waals surface area contributed by atoms with E-state index < -0.39 is 0 Å². The lowest BCUT2D eigenvalue weighted by atomic mass is 9.84. The van der Waals surface area contributed by atoms with E-state index in [9.17, 15) is 0 Å². The molecular formula is C14H20N4. The van der Waals surface area contributed by atoms with Gasteiger partial charge in [-0.15, -0.1) is 0 Å². The molecule has 4 aliphatic rings. The van der Waals surface area contributed by atoms with E-state index in [1.807, 2.05) is 0 Å². The molecule has 2 bridgehead atoms. The molecule has 0 saturated carbocycles. The van der Waals surface area contributed by atoms with Gasteiger partial charge in [-0.3, -0.25) is 0 Å². The number of nitrogens with zero attached hydrogens (tertiary/aromatic N) is 3. The van der Waals surface area contributed by atoms with Gasteiger partial charge in [-0.2, -0.15) is 0 Å². The highest BCUT2D eigenvalue weighted by Crippen LogP contribution is 2.31. The summed E-state index contributed by atoms with van der Waals surface area (Å²) in [5.74, 6) is 1.97. The fourth-order valence-electron chi connectivity index (χ4n) is 3.79. The van der Waals surface area contributed by atoms with Gasteiger partial charge in [0.25, 0.3) is 0 Å². The molecular weight excluding hydrogens is 224 g/mol. The van der Waals surface area contributed by atoms with Crippen molar-refractivity contribution in [1.82, 2.24) is 14.9 Å². The van der Waals surface area contributed by atoms with E-state index in [-0.39, 0.29) is 0 Å². The maximum absolute atomic E-state index is 4.49. The molecule has 0 spiro atoms. The minimum Gasteiger partial charge on any atom is -0.365 e. The Morgan fingerprint density at radius 2 is 2.06 bits per heavy atom. The Kier molecular flexibility index (Phi) is 2.50. The van der Waals surface area contributed by atoms with Crippen molar-refractivity contribution >= 4 is 5.82 Å². The smallest absolute Gasteiger partial charge is 0.133 e. The molecule has 1 aliphatic carbocycles. The average Bonchev–Trinajstić information content (AvgIpc) is 2.90. The number of hydrogen-bond donors (Lipinski definition) is 1. The lowest BCUT2D eigenvalue weighted by Crippen LogP contribution is -2.53. The molecule has 4 nitrogen and oxygen atoms in total. The molecule has 1 atom stereocenters. The molecule has 1 aromatic rings. The molecule has 0 radical (unpaired) electrons. The number of rotatable bonds is 2. The Morgan fingerprint density at radius 3 is 2.83 bits per heavy atom. The van der Waals surface area contributed by atoms with Crippen molar-refractivity contribution in [3.63, 3.8) is 0 Å². The van der Waals surface area contributed by atoms with Crippen LogP contribution in [0.2, 0.25) is 0 Å². The second kappa shape index (κ2) is 4.19. The summed E-state index contributed by atoms with van der Waals surface area (Å²) in [5, 5.41) is 3.72. The zero-order valence-corrected chi connectivity index (χ0v) is 10.7. The minimum absolute atomic E-state index is 0.604. The molecule has 5 rings (SSSR count). The molecule has 0 amide bonds. The van der Waals surface area contributed by atoms with Gasteiger partial charge in [0.1, 0.15) is 12.1 Å². The van der Waals surface area contributed by atoms with E-state index in [0.717, 1.165) is 24.6 Å². The first-order chi connectivity index (χ1) is 8.90. The van der Waals surface area contributed by atoms with Gasteiger partial charge in [0.15, 0.2) is 0 Å². The summed E-state index contributed by atoms with van der Waals surface area (Å²) >= 11 is 0. The van der Waals surface area contributed by atoms with Gasteiger partial charge in [0.05, 0.1) is 0 Å². The van der Waals surface area contributed by atoms with Crippen LogP contribution in [0.25, 0.3) is 0 Å².